The molecular formula is C28H28ClF3N2O4. The van der Waals surface area contributed by atoms with E-state index in [-0.39, 0.29) is 45.6 Å². The minimum absolute atomic E-state index is 0.00619. The third-order valence-corrected chi connectivity index (χ3v) is 8.00. The van der Waals surface area contributed by atoms with Gasteiger partial charge in [0.15, 0.2) is 11.8 Å². The monoisotopic (exact) mass is 548 g/mol. The number of carbonyl (C=O) groups excluding carboxylic acids is 1. The van der Waals surface area contributed by atoms with Crippen LogP contribution in [-0.2, 0) is 15.1 Å². The van der Waals surface area contributed by atoms with Crippen LogP contribution in [-0.4, -0.2) is 42.0 Å². The Bertz CT molecular complexity index is 1300. The minimum atomic E-state index is -3.28. The zero-order valence-electron chi connectivity index (χ0n) is 20.6. The second-order valence-electron chi connectivity index (χ2n) is 10.1. The first-order valence-corrected chi connectivity index (χ1v) is 12.8. The van der Waals surface area contributed by atoms with Gasteiger partial charge in [-0.25, -0.2) is 4.39 Å². The third-order valence-electron chi connectivity index (χ3n) is 7.69. The summed E-state index contributed by atoms with van der Waals surface area (Å²) in [5, 5.41) is 15.4. The number of benzene rings is 2. The third kappa shape index (κ3) is 4.41. The highest BCUT2D eigenvalue weighted by Crippen LogP contribution is 2.55. The van der Waals surface area contributed by atoms with Crippen molar-refractivity contribution in [2.45, 2.75) is 62.3 Å². The first kappa shape index (κ1) is 26.7. The number of aliphatic hydroxyl groups excluding tert-OH is 1. The summed E-state index contributed by atoms with van der Waals surface area (Å²) in [6.07, 6.45) is 1.67. The average molecular weight is 549 g/mol. The van der Waals surface area contributed by atoms with E-state index in [9.17, 15) is 18.7 Å². The van der Waals surface area contributed by atoms with E-state index < -0.39 is 36.0 Å². The van der Waals surface area contributed by atoms with Crippen LogP contribution in [0.25, 0.3) is 5.57 Å². The molecule has 1 fully saturated rings. The molecule has 2 aromatic rings. The van der Waals surface area contributed by atoms with E-state index in [0.29, 0.717) is 5.56 Å². The summed E-state index contributed by atoms with van der Waals surface area (Å²) < 4.78 is 53.7. The maximum atomic E-state index is 16.2. The minimum Gasteiger partial charge on any atom is -0.478 e. The van der Waals surface area contributed by atoms with E-state index in [1.54, 1.807) is 6.07 Å². The summed E-state index contributed by atoms with van der Waals surface area (Å²) in [7, 11) is 0. The Morgan fingerprint density at radius 2 is 1.97 bits per heavy atom. The Hall–Kier alpha value is -2.85. The van der Waals surface area contributed by atoms with Gasteiger partial charge in [-0.05, 0) is 43.5 Å². The second-order valence-corrected chi connectivity index (χ2v) is 10.5. The number of amides is 1. The van der Waals surface area contributed by atoms with Gasteiger partial charge in [-0.15, -0.1) is 0 Å². The molecule has 4 atom stereocenters. The Morgan fingerprint density at radius 1 is 1.26 bits per heavy atom. The van der Waals surface area contributed by atoms with Crippen molar-refractivity contribution in [2.75, 3.05) is 6.54 Å². The maximum absolute atomic E-state index is 16.2. The molecule has 4 N–H and O–H groups in total. The SMILES string of the molecule is CC1(OC(F)F)C=CC(C(N)=O)=C(c2c(Cl)ccc3c2[C@H](O)[C@@](CNC2CCC2)(c2ccccc2)O3)C1F. The predicted octanol–water partition coefficient (Wildman–Crippen LogP) is 4.95. The van der Waals surface area contributed by atoms with E-state index in [2.05, 4.69) is 10.1 Å². The number of nitrogens with two attached hydrogens (primary N) is 1. The number of carbonyl (C=O) groups is 1. The summed E-state index contributed by atoms with van der Waals surface area (Å²) in [5.41, 5.74) is 2.32. The van der Waals surface area contributed by atoms with Crippen LogP contribution in [0.1, 0.15) is 49.0 Å². The van der Waals surface area contributed by atoms with Crippen LogP contribution < -0.4 is 15.8 Å². The van der Waals surface area contributed by atoms with E-state index in [4.69, 9.17) is 22.1 Å². The van der Waals surface area contributed by atoms with Crippen molar-refractivity contribution in [3.63, 3.8) is 0 Å². The van der Waals surface area contributed by atoms with E-state index in [1.807, 2.05) is 30.3 Å². The van der Waals surface area contributed by atoms with Gasteiger partial charge < -0.3 is 25.6 Å². The van der Waals surface area contributed by atoms with Gasteiger partial charge in [0, 0.05) is 39.9 Å². The lowest BCUT2D eigenvalue weighted by Crippen LogP contribution is -2.49. The highest BCUT2D eigenvalue weighted by molar-refractivity contribution is 6.33. The van der Waals surface area contributed by atoms with Gasteiger partial charge in [0.1, 0.15) is 17.5 Å². The van der Waals surface area contributed by atoms with Crippen LogP contribution in [0.15, 0.2) is 60.2 Å². The normalized spacial score (nSPS) is 28.8. The lowest BCUT2D eigenvalue weighted by Gasteiger charge is -2.37. The molecule has 5 rings (SSSR count). The van der Waals surface area contributed by atoms with Gasteiger partial charge in [0.25, 0.3) is 0 Å². The number of rotatable bonds is 8. The lowest BCUT2D eigenvalue weighted by molar-refractivity contribution is -0.198. The Morgan fingerprint density at radius 3 is 2.58 bits per heavy atom. The van der Waals surface area contributed by atoms with Gasteiger partial charge >= 0.3 is 6.61 Å². The first-order valence-electron chi connectivity index (χ1n) is 12.4. The molecule has 0 bridgehead atoms. The van der Waals surface area contributed by atoms with Crippen LogP contribution in [0.3, 0.4) is 0 Å². The average Bonchev–Trinajstić information content (AvgIpc) is 3.13. The molecule has 2 aromatic carbocycles. The number of fused-ring (bicyclic) bond motifs is 1. The molecule has 3 aliphatic rings. The molecule has 10 heteroatoms. The van der Waals surface area contributed by atoms with Crippen molar-refractivity contribution in [3.05, 3.63) is 81.9 Å². The molecule has 2 unspecified atom stereocenters. The van der Waals surface area contributed by atoms with Crippen molar-refractivity contribution in [1.82, 2.24) is 5.32 Å². The zero-order chi connectivity index (χ0) is 27.2. The van der Waals surface area contributed by atoms with Crippen LogP contribution >= 0.6 is 11.6 Å². The molecule has 1 aliphatic heterocycles. The maximum Gasteiger partial charge on any atom is 0.346 e. The lowest BCUT2D eigenvalue weighted by atomic mass is 9.77. The van der Waals surface area contributed by atoms with Crippen LogP contribution in [0.2, 0.25) is 5.02 Å². The van der Waals surface area contributed by atoms with Gasteiger partial charge in [-0.2, -0.15) is 8.78 Å². The molecule has 0 saturated heterocycles. The molecule has 0 aromatic heterocycles. The first-order chi connectivity index (χ1) is 18.1. The number of primary amides is 1. The van der Waals surface area contributed by atoms with Crippen LogP contribution in [0, 0.1) is 0 Å². The standard InChI is InChI=1S/C28H28ClF3N2O4/c1-27(38-26(31)32)13-12-17(25(33)36)20(23(27)30)21-18(29)10-11-19-22(21)24(35)28(37-19,14-34-16-8-5-9-16)15-6-3-2-4-7-15/h2-4,6-7,10-13,16,23-24,26,34-35H,5,8-9,14H2,1H3,(H2,33,36)/t23?,24-,27?,28+/m0/s1. The largest absolute Gasteiger partial charge is 0.478 e. The van der Waals surface area contributed by atoms with Gasteiger partial charge in [0.2, 0.25) is 5.91 Å². The number of aliphatic hydroxyl groups is 1. The number of halogens is 4. The molecule has 6 nitrogen and oxygen atoms in total. The Balaban J connectivity index is 1.67. The summed E-state index contributed by atoms with van der Waals surface area (Å²) in [6, 6.07) is 12.4. The van der Waals surface area contributed by atoms with E-state index >= 15 is 4.39 Å². The van der Waals surface area contributed by atoms with Crippen molar-refractivity contribution >= 4 is 23.1 Å². The van der Waals surface area contributed by atoms with Crippen LogP contribution in [0.4, 0.5) is 13.2 Å². The van der Waals surface area contributed by atoms with Crippen molar-refractivity contribution < 1.29 is 32.5 Å². The summed E-state index contributed by atoms with van der Waals surface area (Å²) in [4.78, 5) is 12.4. The fourth-order valence-corrected chi connectivity index (χ4v) is 5.65. The smallest absolute Gasteiger partial charge is 0.346 e. The highest BCUT2D eigenvalue weighted by atomic mass is 35.5. The summed E-state index contributed by atoms with van der Waals surface area (Å²) in [5.74, 6) is -0.758. The predicted molar refractivity (Wildman–Crippen MR) is 136 cm³/mol. The molecule has 202 valence electrons. The Kier molecular flexibility index (Phi) is 7.06. The fourth-order valence-electron chi connectivity index (χ4n) is 5.39. The number of alkyl halides is 3. The number of hydrogen-bond donors (Lipinski definition) is 3. The quantitative estimate of drug-likeness (QED) is 0.434. The van der Waals surface area contributed by atoms with E-state index in [1.165, 1.54) is 6.07 Å². The van der Waals surface area contributed by atoms with E-state index in [0.717, 1.165) is 38.3 Å². The molecule has 0 radical (unpaired) electrons. The summed E-state index contributed by atoms with van der Waals surface area (Å²) in [6.45, 7) is -1.91. The van der Waals surface area contributed by atoms with Crippen LogP contribution in [0.5, 0.6) is 5.75 Å². The van der Waals surface area contributed by atoms with Crippen molar-refractivity contribution in [3.8, 4) is 5.75 Å². The molecular weight excluding hydrogens is 521 g/mol. The topological polar surface area (TPSA) is 93.8 Å². The molecule has 1 heterocycles. The number of ether oxygens (including phenoxy) is 2. The molecule has 1 amide bonds. The van der Waals surface area contributed by atoms with Gasteiger partial charge in [-0.1, -0.05) is 54.4 Å². The Labute approximate surface area is 223 Å². The highest BCUT2D eigenvalue weighted by Gasteiger charge is 2.53. The summed E-state index contributed by atoms with van der Waals surface area (Å²) >= 11 is 6.59. The molecule has 1 saturated carbocycles. The molecule has 0 spiro atoms. The van der Waals surface area contributed by atoms with Gasteiger partial charge in [-0.3, -0.25) is 4.79 Å². The molecule has 2 aliphatic carbocycles. The number of hydrogen-bond acceptors (Lipinski definition) is 5. The fraction of sp³-hybridized carbons (Fsp3) is 0.393. The molecule has 38 heavy (non-hydrogen) atoms. The van der Waals surface area contributed by atoms with Gasteiger partial charge in [0.05, 0.1) is 0 Å². The second kappa shape index (κ2) is 10.0. The number of nitrogens with one attached hydrogen (secondary N) is 1. The zero-order valence-corrected chi connectivity index (χ0v) is 21.4. The van der Waals surface area contributed by atoms with Crippen molar-refractivity contribution in [1.29, 1.82) is 0 Å². The van der Waals surface area contributed by atoms with Crippen molar-refractivity contribution in [2.24, 2.45) is 5.73 Å².